The maximum atomic E-state index is 6.26. The minimum absolute atomic E-state index is 0.0123. The summed E-state index contributed by atoms with van der Waals surface area (Å²) in [5.74, 6) is 4.22. The van der Waals surface area contributed by atoms with Gasteiger partial charge in [0, 0.05) is 56.9 Å². The minimum Gasteiger partial charge on any atom is -0.354 e. The molecule has 1 aromatic heterocycles. The zero-order chi connectivity index (χ0) is 23.3. The number of nitrogens with two attached hydrogens (primary N) is 4. The molecule has 0 spiro atoms. The van der Waals surface area contributed by atoms with Gasteiger partial charge < -0.3 is 38.1 Å². The van der Waals surface area contributed by atoms with Crippen LogP contribution in [0.3, 0.4) is 0 Å². The Labute approximate surface area is 197 Å². The Morgan fingerprint density at radius 1 is 0.788 bits per heavy atom. The maximum absolute atomic E-state index is 6.26. The zero-order valence-corrected chi connectivity index (χ0v) is 20.2. The van der Waals surface area contributed by atoms with E-state index in [4.69, 9.17) is 37.9 Å². The topological polar surface area (TPSA) is 161 Å². The lowest BCUT2D eigenvalue weighted by Gasteiger charge is -2.60. The van der Waals surface area contributed by atoms with Gasteiger partial charge in [-0.05, 0) is 55.3 Å². The molecule has 2 bridgehead atoms. The summed E-state index contributed by atoms with van der Waals surface area (Å²) in [4.78, 5) is 18.6. The van der Waals surface area contributed by atoms with E-state index >= 15 is 0 Å². The first-order valence-corrected chi connectivity index (χ1v) is 12.7. The smallest absolute Gasteiger partial charge is 0.232 e. The number of hydrogen-bond donors (Lipinski definition) is 5. The van der Waals surface area contributed by atoms with Crippen molar-refractivity contribution in [2.45, 2.75) is 70.1 Å². The van der Waals surface area contributed by atoms with Crippen LogP contribution in [0.25, 0.3) is 0 Å². The molecule has 3 aliphatic carbocycles. The monoisotopic (exact) mass is 458 g/mol. The van der Waals surface area contributed by atoms with Crippen LogP contribution in [-0.2, 0) is 0 Å². The number of piperidine rings is 2. The average molecular weight is 459 g/mol. The van der Waals surface area contributed by atoms with Crippen LogP contribution >= 0.6 is 0 Å². The molecule has 9 N–H and O–H groups in total. The Bertz CT molecular complexity index is 780. The number of rotatable bonds is 5. The third-order valence-electron chi connectivity index (χ3n) is 8.73. The fraction of sp³-hybridized carbons (Fsp3) is 0.870. The van der Waals surface area contributed by atoms with Crippen molar-refractivity contribution in [1.82, 2.24) is 15.0 Å². The van der Waals surface area contributed by atoms with Crippen LogP contribution in [0.5, 0.6) is 0 Å². The second kappa shape index (κ2) is 8.79. The lowest BCUT2D eigenvalue weighted by molar-refractivity contribution is -0.100. The second-order valence-electron chi connectivity index (χ2n) is 11.7. The molecule has 5 fully saturated rings. The van der Waals surface area contributed by atoms with Crippen molar-refractivity contribution in [1.29, 1.82) is 0 Å². The molecule has 3 heterocycles. The summed E-state index contributed by atoms with van der Waals surface area (Å²) in [5, 5.41) is 3.57. The summed E-state index contributed by atoms with van der Waals surface area (Å²) in [6, 6.07) is 0.0490. The van der Waals surface area contributed by atoms with Gasteiger partial charge in [0.1, 0.15) is 0 Å². The molecule has 10 nitrogen and oxygen atoms in total. The molecule has 1 aromatic rings. The molecule has 184 valence electrons. The van der Waals surface area contributed by atoms with E-state index in [0.29, 0.717) is 55.4 Å². The Hall–Kier alpha value is -1.75. The summed E-state index contributed by atoms with van der Waals surface area (Å²) in [5.41, 5.74) is 25.5. The van der Waals surface area contributed by atoms with Crippen LogP contribution in [0.2, 0.25) is 0 Å². The van der Waals surface area contributed by atoms with Crippen LogP contribution in [0.4, 0.5) is 17.8 Å². The molecule has 3 saturated carbocycles. The summed E-state index contributed by atoms with van der Waals surface area (Å²) >= 11 is 0. The third kappa shape index (κ3) is 4.62. The molecule has 6 rings (SSSR count). The standard InChI is InChI=1S/C23H42N10/c1-23(2)14-4-3-13(19(23)5-14)8-28-20-29-21(32-9-15(24)6-16(25)10-32)31-22(30-20)33-11-17(26)7-18(27)12-33/h13-19H,3-12,24-27H2,1-2H3,(H,28,29,30,31)/t13-,14+,15-,16+,17-,18+,19+/m0/s1. The largest absolute Gasteiger partial charge is 0.354 e. The molecule has 0 radical (unpaired) electrons. The molecule has 10 heteroatoms. The van der Waals surface area contributed by atoms with Gasteiger partial charge in [0.15, 0.2) is 0 Å². The van der Waals surface area contributed by atoms with Crippen LogP contribution in [0.15, 0.2) is 0 Å². The van der Waals surface area contributed by atoms with Gasteiger partial charge in [-0.25, -0.2) is 0 Å². The molecule has 0 unspecified atom stereocenters. The highest BCUT2D eigenvalue weighted by Gasteiger charge is 2.53. The van der Waals surface area contributed by atoms with Crippen LogP contribution < -0.4 is 38.1 Å². The van der Waals surface area contributed by atoms with Gasteiger partial charge in [-0.1, -0.05) is 13.8 Å². The number of anilines is 3. The first-order valence-electron chi connectivity index (χ1n) is 12.7. The van der Waals surface area contributed by atoms with Crippen molar-refractivity contribution in [3.05, 3.63) is 0 Å². The van der Waals surface area contributed by atoms with Gasteiger partial charge in [0.05, 0.1) is 0 Å². The van der Waals surface area contributed by atoms with E-state index in [-0.39, 0.29) is 24.2 Å². The summed E-state index contributed by atoms with van der Waals surface area (Å²) in [6.07, 6.45) is 5.60. The molecule has 7 atom stereocenters. The zero-order valence-electron chi connectivity index (χ0n) is 20.2. The second-order valence-corrected chi connectivity index (χ2v) is 11.7. The molecule has 5 aliphatic rings. The predicted octanol–water partition coefficient (Wildman–Crippen LogP) is 0.0852. The molecule has 0 aromatic carbocycles. The summed E-state index contributed by atoms with van der Waals surface area (Å²) < 4.78 is 0. The highest BCUT2D eigenvalue weighted by Crippen LogP contribution is 2.61. The van der Waals surface area contributed by atoms with Gasteiger partial charge in [0.2, 0.25) is 17.8 Å². The Balaban J connectivity index is 1.37. The Morgan fingerprint density at radius 3 is 1.76 bits per heavy atom. The van der Waals surface area contributed by atoms with E-state index in [0.717, 1.165) is 31.2 Å². The first-order chi connectivity index (χ1) is 15.7. The Morgan fingerprint density at radius 2 is 1.30 bits per heavy atom. The van der Waals surface area contributed by atoms with Crippen molar-refractivity contribution in [2.24, 2.45) is 46.1 Å². The summed E-state index contributed by atoms with van der Waals surface area (Å²) in [6.45, 7) is 8.52. The summed E-state index contributed by atoms with van der Waals surface area (Å²) in [7, 11) is 0. The van der Waals surface area contributed by atoms with Crippen LogP contribution in [-0.4, -0.2) is 71.8 Å². The van der Waals surface area contributed by atoms with E-state index in [1.165, 1.54) is 19.3 Å². The van der Waals surface area contributed by atoms with E-state index in [1.54, 1.807) is 0 Å². The van der Waals surface area contributed by atoms with E-state index in [9.17, 15) is 0 Å². The van der Waals surface area contributed by atoms with Gasteiger partial charge in [-0.2, -0.15) is 15.0 Å². The SMILES string of the molecule is CC1(C)[C@@H]2CC[C@@H](CNc3nc(N4C[C@H](N)C[C@H](N)C4)nc(N4C[C@H](N)C[C@H](N)C4)n3)[C@H]1C2. The molecule has 0 amide bonds. The third-order valence-corrected chi connectivity index (χ3v) is 8.73. The highest BCUT2D eigenvalue weighted by atomic mass is 15.4. The van der Waals surface area contributed by atoms with Gasteiger partial charge in [-0.3, -0.25) is 0 Å². The van der Waals surface area contributed by atoms with Gasteiger partial charge in [0.25, 0.3) is 0 Å². The van der Waals surface area contributed by atoms with Gasteiger partial charge >= 0.3 is 0 Å². The van der Waals surface area contributed by atoms with Crippen LogP contribution in [0.1, 0.15) is 46.0 Å². The fourth-order valence-corrected chi connectivity index (χ4v) is 6.83. The van der Waals surface area contributed by atoms with E-state index < -0.39 is 0 Å². The van der Waals surface area contributed by atoms with Crippen molar-refractivity contribution in [3.63, 3.8) is 0 Å². The molecule has 33 heavy (non-hydrogen) atoms. The number of hydrogen-bond acceptors (Lipinski definition) is 10. The fourth-order valence-electron chi connectivity index (χ4n) is 6.83. The van der Waals surface area contributed by atoms with E-state index in [1.807, 2.05) is 0 Å². The van der Waals surface area contributed by atoms with Crippen molar-refractivity contribution >= 4 is 17.8 Å². The lowest BCUT2D eigenvalue weighted by Crippen LogP contribution is -2.54. The molecular formula is C23H42N10. The first kappa shape index (κ1) is 23.0. The lowest BCUT2D eigenvalue weighted by atomic mass is 9.45. The van der Waals surface area contributed by atoms with Crippen LogP contribution in [0, 0.1) is 23.2 Å². The number of aromatic nitrogens is 3. The minimum atomic E-state index is 0.0123. The van der Waals surface area contributed by atoms with E-state index in [2.05, 4.69) is 29.0 Å². The molecule has 2 saturated heterocycles. The molecule has 2 aliphatic heterocycles. The molecular weight excluding hydrogens is 416 g/mol. The number of nitrogens with zero attached hydrogens (tertiary/aromatic N) is 5. The number of fused-ring (bicyclic) bond motifs is 2. The Kier molecular flexibility index (Phi) is 6.13. The average Bonchev–Trinajstić information content (AvgIpc) is 2.76. The highest BCUT2D eigenvalue weighted by molar-refractivity contribution is 5.46. The van der Waals surface area contributed by atoms with Crippen molar-refractivity contribution in [3.8, 4) is 0 Å². The van der Waals surface area contributed by atoms with Gasteiger partial charge in [-0.15, -0.1) is 0 Å². The van der Waals surface area contributed by atoms with Crippen molar-refractivity contribution in [2.75, 3.05) is 47.8 Å². The van der Waals surface area contributed by atoms with Crippen molar-refractivity contribution < 1.29 is 0 Å². The number of nitrogens with one attached hydrogen (secondary N) is 1. The normalized spacial score (nSPS) is 38.1. The predicted molar refractivity (Wildman–Crippen MR) is 132 cm³/mol. The quantitative estimate of drug-likeness (QED) is 0.409. The maximum Gasteiger partial charge on any atom is 0.232 e.